The predicted octanol–water partition coefficient (Wildman–Crippen LogP) is 3.87. The number of H-pyrrole nitrogens is 1. The first-order valence-electron chi connectivity index (χ1n) is 6.70. The molecule has 2 rings (SSSR count). The van der Waals surface area contributed by atoms with Crippen LogP contribution in [0.15, 0.2) is 36.5 Å². The Hall–Kier alpha value is -2.48. The maximum atomic E-state index is 12.7. The van der Waals surface area contributed by atoms with Crippen LogP contribution in [0.1, 0.15) is 23.0 Å². The number of alkyl halides is 3. The fourth-order valence-corrected chi connectivity index (χ4v) is 1.93. The Labute approximate surface area is 139 Å². The fraction of sp³-hybridized carbons (Fsp3) is 0.200. The molecule has 1 amide bonds. The summed E-state index contributed by atoms with van der Waals surface area (Å²) in [6, 6.07) is 5.56. The van der Waals surface area contributed by atoms with Gasteiger partial charge in [0.2, 0.25) is 0 Å². The van der Waals surface area contributed by atoms with Crippen LogP contribution in [0.3, 0.4) is 0 Å². The summed E-state index contributed by atoms with van der Waals surface area (Å²) in [7, 11) is 0. The highest BCUT2D eigenvalue weighted by Gasteiger charge is 2.31. The molecule has 0 aliphatic heterocycles. The number of halogens is 4. The van der Waals surface area contributed by atoms with E-state index in [1.807, 2.05) is 0 Å². The summed E-state index contributed by atoms with van der Waals surface area (Å²) in [5.74, 6) is -1.58. The quantitative estimate of drug-likeness (QED) is 0.813. The number of anilines is 1. The van der Waals surface area contributed by atoms with Crippen molar-refractivity contribution in [3.05, 3.63) is 52.8 Å². The van der Waals surface area contributed by atoms with Crippen LogP contribution in [0.2, 0.25) is 5.02 Å². The summed E-state index contributed by atoms with van der Waals surface area (Å²) in [4.78, 5) is 26.3. The average molecular weight is 361 g/mol. The van der Waals surface area contributed by atoms with Crippen molar-refractivity contribution < 1.29 is 27.5 Å². The number of nitrogens with one attached hydrogen (secondary N) is 2. The van der Waals surface area contributed by atoms with E-state index in [9.17, 15) is 22.8 Å². The molecule has 0 fully saturated rings. The summed E-state index contributed by atoms with van der Waals surface area (Å²) in [6.45, 7) is 1.29. The van der Waals surface area contributed by atoms with Crippen LogP contribution in [0, 0.1) is 0 Å². The lowest BCUT2D eigenvalue weighted by Crippen LogP contribution is -2.30. The van der Waals surface area contributed by atoms with Crippen molar-refractivity contribution in [2.75, 3.05) is 5.32 Å². The third kappa shape index (κ3) is 4.29. The number of aromatic amines is 1. The second-order valence-electron chi connectivity index (χ2n) is 4.81. The number of amides is 1. The fourth-order valence-electron chi connectivity index (χ4n) is 1.77. The van der Waals surface area contributed by atoms with Gasteiger partial charge in [0, 0.05) is 6.20 Å². The molecule has 0 spiro atoms. The molecule has 0 radical (unpaired) electrons. The molecule has 2 aromatic rings. The number of esters is 1. The van der Waals surface area contributed by atoms with Crippen molar-refractivity contribution in [3.63, 3.8) is 0 Å². The van der Waals surface area contributed by atoms with Crippen molar-refractivity contribution in [2.45, 2.75) is 19.2 Å². The van der Waals surface area contributed by atoms with Gasteiger partial charge in [-0.15, -0.1) is 0 Å². The number of hydrogen-bond donors (Lipinski definition) is 2. The average Bonchev–Trinajstić information content (AvgIpc) is 3.02. The SMILES string of the molecule is C[C@@H](OC(=O)c1ccc[nH]1)C(=O)Nc1cc(C(F)(F)F)ccc1Cl. The first kappa shape index (κ1) is 17.9. The molecule has 9 heteroatoms. The third-order valence-corrected chi connectivity index (χ3v) is 3.35. The standard InChI is InChI=1S/C15H12ClF3N2O3/c1-8(24-14(23)11-3-2-6-20-11)13(22)21-12-7-9(15(17,18)19)4-5-10(12)16/h2-8,20H,1H3,(H,21,22)/t8-/m1/s1. The molecule has 1 atom stereocenters. The van der Waals surface area contributed by atoms with Crippen LogP contribution < -0.4 is 5.32 Å². The van der Waals surface area contributed by atoms with E-state index in [2.05, 4.69) is 10.3 Å². The summed E-state index contributed by atoms with van der Waals surface area (Å²) >= 11 is 5.79. The second-order valence-corrected chi connectivity index (χ2v) is 5.22. The lowest BCUT2D eigenvalue weighted by atomic mass is 10.2. The monoisotopic (exact) mass is 360 g/mol. The summed E-state index contributed by atoms with van der Waals surface area (Å²) in [5.41, 5.74) is -1.04. The minimum Gasteiger partial charge on any atom is -0.448 e. The van der Waals surface area contributed by atoms with Gasteiger partial charge >= 0.3 is 12.1 Å². The molecule has 0 saturated carbocycles. The van der Waals surface area contributed by atoms with Crippen LogP contribution in [-0.4, -0.2) is 23.0 Å². The molecule has 1 heterocycles. The topological polar surface area (TPSA) is 71.2 Å². The molecule has 5 nitrogen and oxygen atoms in total. The maximum Gasteiger partial charge on any atom is 0.416 e. The number of carbonyl (C=O) groups excluding carboxylic acids is 2. The van der Waals surface area contributed by atoms with Crippen LogP contribution in [0.25, 0.3) is 0 Å². The molecule has 128 valence electrons. The summed E-state index contributed by atoms with van der Waals surface area (Å²) in [6.07, 6.45) is -4.30. The van der Waals surface area contributed by atoms with Crippen LogP contribution in [0.4, 0.5) is 18.9 Å². The number of benzene rings is 1. The Morgan fingerprint density at radius 1 is 1.29 bits per heavy atom. The zero-order chi connectivity index (χ0) is 17.9. The van der Waals surface area contributed by atoms with Gasteiger partial charge in [0.1, 0.15) is 5.69 Å². The molecular weight excluding hydrogens is 349 g/mol. The van der Waals surface area contributed by atoms with Crippen molar-refractivity contribution in [1.82, 2.24) is 4.98 Å². The Bertz CT molecular complexity index is 745. The lowest BCUT2D eigenvalue weighted by Gasteiger charge is -2.15. The largest absolute Gasteiger partial charge is 0.448 e. The molecule has 2 N–H and O–H groups in total. The van der Waals surface area contributed by atoms with Gasteiger partial charge in [0.25, 0.3) is 5.91 Å². The molecule has 0 unspecified atom stereocenters. The second kappa shape index (κ2) is 6.96. The number of hydrogen-bond acceptors (Lipinski definition) is 3. The predicted molar refractivity (Wildman–Crippen MR) is 80.8 cm³/mol. The van der Waals surface area contributed by atoms with Gasteiger partial charge in [-0.25, -0.2) is 4.79 Å². The van der Waals surface area contributed by atoms with E-state index in [1.165, 1.54) is 19.2 Å². The van der Waals surface area contributed by atoms with Crippen LogP contribution in [-0.2, 0) is 15.7 Å². The first-order chi connectivity index (χ1) is 11.2. The third-order valence-electron chi connectivity index (χ3n) is 3.02. The Morgan fingerprint density at radius 2 is 2.00 bits per heavy atom. The number of rotatable bonds is 4. The summed E-state index contributed by atoms with van der Waals surface area (Å²) < 4.78 is 43.0. The lowest BCUT2D eigenvalue weighted by molar-refractivity contribution is -0.137. The van der Waals surface area contributed by atoms with E-state index in [-0.39, 0.29) is 16.4 Å². The molecule has 1 aromatic heterocycles. The van der Waals surface area contributed by atoms with E-state index >= 15 is 0 Å². The Morgan fingerprint density at radius 3 is 2.58 bits per heavy atom. The van der Waals surface area contributed by atoms with Gasteiger partial charge in [-0.05, 0) is 37.3 Å². The number of ether oxygens (including phenoxy) is 1. The van der Waals surface area contributed by atoms with Gasteiger partial charge in [0.15, 0.2) is 6.10 Å². The maximum absolute atomic E-state index is 12.7. The molecule has 0 saturated heterocycles. The number of carbonyl (C=O) groups is 2. The molecule has 0 bridgehead atoms. The van der Waals surface area contributed by atoms with Crippen LogP contribution >= 0.6 is 11.6 Å². The van der Waals surface area contributed by atoms with E-state index < -0.39 is 29.7 Å². The number of aromatic nitrogens is 1. The smallest absolute Gasteiger partial charge is 0.416 e. The first-order valence-corrected chi connectivity index (χ1v) is 7.08. The van der Waals surface area contributed by atoms with Crippen molar-refractivity contribution in [3.8, 4) is 0 Å². The minimum absolute atomic E-state index is 0.0701. The zero-order valence-electron chi connectivity index (χ0n) is 12.3. The van der Waals surface area contributed by atoms with E-state index in [0.717, 1.165) is 12.1 Å². The van der Waals surface area contributed by atoms with E-state index in [0.29, 0.717) is 6.07 Å². The molecule has 1 aromatic carbocycles. The highest BCUT2D eigenvalue weighted by molar-refractivity contribution is 6.33. The minimum atomic E-state index is -4.57. The normalized spacial score (nSPS) is 12.5. The highest BCUT2D eigenvalue weighted by Crippen LogP contribution is 2.33. The molecule has 0 aliphatic rings. The van der Waals surface area contributed by atoms with Crippen molar-refractivity contribution in [2.24, 2.45) is 0 Å². The van der Waals surface area contributed by atoms with Gasteiger partial charge in [-0.3, -0.25) is 4.79 Å². The van der Waals surface area contributed by atoms with Crippen molar-refractivity contribution in [1.29, 1.82) is 0 Å². The van der Waals surface area contributed by atoms with Crippen LogP contribution in [0.5, 0.6) is 0 Å². The van der Waals surface area contributed by atoms with Crippen molar-refractivity contribution >= 4 is 29.2 Å². The van der Waals surface area contributed by atoms with E-state index in [4.69, 9.17) is 16.3 Å². The van der Waals surface area contributed by atoms with Gasteiger partial charge in [-0.2, -0.15) is 13.2 Å². The Balaban J connectivity index is 2.07. The van der Waals surface area contributed by atoms with Gasteiger partial charge in [0.05, 0.1) is 16.3 Å². The molecule has 24 heavy (non-hydrogen) atoms. The zero-order valence-corrected chi connectivity index (χ0v) is 13.0. The highest BCUT2D eigenvalue weighted by atomic mass is 35.5. The molecular formula is C15H12ClF3N2O3. The van der Waals surface area contributed by atoms with Gasteiger partial charge in [-0.1, -0.05) is 11.6 Å². The Kier molecular flexibility index (Phi) is 5.18. The van der Waals surface area contributed by atoms with Gasteiger partial charge < -0.3 is 15.0 Å². The summed E-state index contributed by atoms with van der Waals surface area (Å²) in [5, 5.41) is 2.14. The molecule has 0 aliphatic carbocycles. The van der Waals surface area contributed by atoms with E-state index in [1.54, 1.807) is 6.07 Å².